The standard InChI is InChI=1S/C25H40ClN5O2S/c1-4-5-6-7-8-9-23(32)31-15-14-30(17-20(31)3)22-16-21(26)27-25(28-22)34-18-24(33)29-12-10-19(2)11-13-29/h16,19-20H,4-15,17-18H2,1-3H3. The molecule has 3 rings (SSSR count). The lowest BCUT2D eigenvalue weighted by atomic mass is 9.99. The fourth-order valence-corrected chi connectivity index (χ4v) is 5.63. The molecule has 7 nitrogen and oxygen atoms in total. The van der Waals surface area contributed by atoms with Crippen molar-refractivity contribution in [2.24, 2.45) is 5.92 Å². The number of unbranched alkanes of at least 4 members (excludes halogenated alkanes) is 4. The van der Waals surface area contributed by atoms with Gasteiger partial charge in [0.25, 0.3) is 0 Å². The molecule has 0 aromatic carbocycles. The highest BCUT2D eigenvalue weighted by molar-refractivity contribution is 7.99. The van der Waals surface area contributed by atoms with E-state index in [1.54, 1.807) is 6.07 Å². The Labute approximate surface area is 214 Å². The van der Waals surface area contributed by atoms with Gasteiger partial charge in [-0.05, 0) is 32.1 Å². The van der Waals surface area contributed by atoms with Crippen LogP contribution in [-0.2, 0) is 9.59 Å². The summed E-state index contributed by atoms with van der Waals surface area (Å²) in [7, 11) is 0. The molecule has 0 saturated carbocycles. The first-order valence-electron chi connectivity index (χ1n) is 12.9. The maximum Gasteiger partial charge on any atom is 0.233 e. The summed E-state index contributed by atoms with van der Waals surface area (Å²) in [5, 5.41) is 0.907. The van der Waals surface area contributed by atoms with Crippen LogP contribution in [0.25, 0.3) is 0 Å². The van der Waals surface area contributed by atoms with Gasteiger partial charge in [0.05, 0.1) is 5.75 Å². The van der Waals surface area contributed by atoms with Gasteiger partial charge < -0.3 is 14.7 Å². The molecule has 2 aliphatic rings. The van der Waals surface area contributed by atoms with E-state index >= 15 is 0 Å². The maximum absolute atomic E-state index is 12.7. The highest BCUT2D eigenvalue weighted by Gasteiger charge is 2.28. The number of carbonyl (C=O) groups excluding carboxylic acids is 2. The van der Waals surface area contributed by atoms with Crippen molar-refractivity contribution in [3.63, 3.8) is 0 Å². The minimum absolute atomic E-state index is 0.116. The Bertz CT molecular complexity index is 818. The Balaban J connectivity index is 1.50. The van der Waals surface area contributed by atoms with Crippen molar-refractivity contribution in [1.82, 2.24) is 19.8 Å². The molecule has 0 N–H and O–H groups in total. The van der Waals surface area contributed by atoms with Gasteiger partial charge in [0, 0.05) is 51.3 Å². The second kappa shape index (κ2) is 13.5. The van der Waals surface area contributed by atoms with E-state index < -0.39 is 0 Å². The van der Waals surface area contributed by atoms with E-state index in [0.29, 0.717) is 48.0 Å². The Morgan fingerprint density at radius 3 is 2.47 bits per heavy atom. The van der Waals surface area contributed by atoms with Crippen LogP contribution in [0.3, 0.4) is 0 Å². The smallest absolute Gasteiger partial charge is 0.233 e. The predicted octanol–water partition coefficient (Wildman–Crippen LogP) is 4.88. The molecule has 34 heavy (non-hydrogen) atoms. The van der Waals surface area contributed by atoms with Crippen LogP contribution in [0.4, 0.5) is 5.82 Å². The first kappa shape index (κ1) is 27.1. The van der Waals surface area contributed by atoms with Crippen molar-refractivity contribution >= 4 is 41.0 Å². The summed E-state index contributed by atoms with van der Waals surface area (Å²) in [4.78, 5) is 40.4. The van der Waals surface area contributed by atoms with Crippen LogP contribution in [0.1, 0.15) is 72.1 Å². The van der Waals surface area contributed by atoms with E-state index in [9.17, 15) is 9.59 Å². The van der Waals surface area contributed by atoms with E-state index in [-0.39, 0.29) is 17.9 Å². The zero-order chi connectivity index (χ0) is 24.5. The fourth-order valence-electron chi connectivity index (χ4n) is 4.65. The van der Waals surface area contributed by atoms with Crippen molar-refractivity contribution in [1.29, 1.82) is 0 Å². The molecule has 1 aromatic rings. The minimum atomic E-state index is 0.116. The molecule has 9 heteroatoms. The molecule has 1 aromatic heterocycles. The lowest BCUT2D eigenvalue weighted by Crippen LogP contribution is -2.54. The molecule has 1 atom stereocenters. The number of piperazine rings is 1. The third-order valence-electron chi connectivity index (χ3n) is 6.89. The lowest BCUT2D eigenvalue weighted by molar-refractivity contribution is -0.133. The number of nitrogens with zero attached hydrogens (tertiary/aromatic N) is 5. The van der Waals surface area contributed by atoms with Gasteiger partial charge in [-0.1, -0.05) is 62.9 Å². The zero-order valence-corrected chi connectivity index (χ0v) is 22.5. The van der Waals surface area contributed by atoms with Gasteiger partial charge in [-0.2, -0.15) is 0 Å². The molecule has 2 fully saturated rings. The van der Waals surface area contributed by atoms with Gasteiger partial charge in [0.2, 0.25) is 11.8 Å². The first-order chi connectivity index (χ1) is 16.4. The zero-order valence-electron chi connectivity index (χ0n) is 21.0. The predicted molar refractivity (Wildman–Crippen MR) is 140 cm³/mol. The van der Waals surface area contributed by atoms with Crippen LogP contribution in [0, 0.1) is 5.92 Å². The summed E-state index contributed by atoms with van der Waals surface area (Å²) in [5.74, 6) is 2.17. The van der Waals surface area contributed by atoms with Crippen LogP contribution in [-0.4, -0.2) is 76.1 Å². The number of rotatable bonds is 10. The second-order valence-electron chi connectivity index (χ2n) is 9.73. The van der Waals surface area contributed by atoms with Crippen LogP contribution in [0.5, 0.6) is 0 Å². The SMILES string of the molecule is CCCCCCCC(=O)N1CCN(c2cc(Cl)nc(SCC(=O)N3CCC(C)CC3)n2)CC1C. The van der Waals surface area contributed by atoms with Crippen molar-refractivity contribution in [3.05, 3.63) is 11.2 Å². The lowest BCUT2D eigenvalue weighted by Gasteiger charge is -2.40. The summed E-state index contributed by atoms with van der Waals surface area (Å²) in [6.45, 7) is 10.3. The average Bonchev–Trinajstić information content (AvgIpc) is 2.82. The molecule has 190 valence electrons. The topological polar surface area (TPSA) is 69.6 Å². The Morgan fingerprint density at radius 2 is 1.76 bits per heavy atom. The van der Waals surface area contributed by atoms with Crippen molar-refractivity contribution in [2.45, 2.75) is 83.3 Å². The number of hydrogen-bond acceptors (Lipinski definition) is 6. The number of hydrogen-bond donors (Lipinski definition) is 0. The van der Waals surface area contributed by atoms with Gasteiger partial charge in [-0.25, -0.2) is 9.97 Å². The van der Waals surface area contributed by atoms with Crippen molar-refractivity contribution in [3.8, 4) is 0 Å². The Kier molecular flexibility index (Phi) is 10.8. The van der Waals surface area contributed by atoms with Gasteiger partial charge in [0.1, 0.15) is 11.0 Å². The average molecular weight is 510 g/mol. The van der Waals surface area contributed by atoms with Crippen molar-refractivity contribution in [2.75, 3.05) is 43.4 Å². The maximum atomic E-state index is 12.7. The van der Waals surface area contributed by atoms with Gasteiger partial charge in [-0.3, -0.25) is 9.59 Å². The van der Waals surface area contributed by atoms with Crippen LogP contribution in [0.15, 0.2) is 11.2 Å². The molecule has 2 saturated heterocycles. The monoisotopic (exact) mass is 509 g/mol. The number of amides is 2. The first-order valence-corrected chi connectivity index (χ1v) is 14.2. The van der Waals surface area contributed by atoms with Gasteiger partial charge >= 0.3 is 0 Å². The number of aromatic nitrogens is 2. The number of thioether (sulfide) groups is 1. The second-order valence-corrected chi connectivity index (χ2v) is 11.1. The van der Waals surface area contributed by atoms with Gasteiger partial charge in [-0.15, -0.1) is 0 Å². The number of piperidine rings is 1. The highest BCUT2D eigenvalue weighted by Crippen LogP contribution is 2.25. The fraction of sp³-hybridized carbons (Fsp3) is 0.760. The largest absolute Gasteiger partial charge is 0.353 e. The van der Waals surface area contributed by atoms with E-state index in [1.807, 2.05) is 9.80 Å². The number of halogens is 1. The van der Waals surface area contributed by atoms with E-state index in [1.165, 1.54) is 31.0 Å². The molecular weight excluding hydrogens is 470 g/mol. The molecule has 1 unspecified atom stereocenters. The molecular formula is C25H40ClN5O2S. The molecule has 0 radical (unpaired) electrons. The van der Waals surface area contributed by atoms with Crippen LogP contribution in [0.2, 0.25) is 5.15 Å². The van der Waals surface area contributed by atoms with E-state index in [4.69, 9.17) is 11.6 Å². The summed E-state index contributed by atoms with van der Waals surface area (Å²) in [5.41, 5.74) is 0. The van der Waals surface area contributed by atoms with E-state index in [0.717, 1.165) is 44.6 Å². The molecule has 3 heterocycles. The Morgan fingerprint density at radius 1 is 1.03 bits per heavy atom. The Hall–Kier alpha value is -1.54. The number of anilines is 1. The quantitative estimate of drug-likeness (QED) is 0.194. The number of likely N-dealkylation sites (tertiary alicyclic amines) is 1. The normalized spacial score (nSPS) is 19.5. The van der Waals surface area contributed by atoms with Crippen LogP contribution >= 0.6 is 23.4 Å². The highest BCUT2D eigenvalue weighted by atomic mass is 35.5. The summed E-state index contributed by atoms with van der Waals surface area (Å²) >= 11 is 7.65. The summed E-state index contributed by atoms with van der Waals surface area (Å²) in [6.07, 6.45) is 8.56. The van der Waals surface area contributed by atoms with Gasteiger partial charge in [0.15, 0.2) is 5.16 Å². The molecule has 0 bridgehead atoms. The molecule has 2 amide bonds. The molecule has 0 aliphatic carbocycles. The third kappa shape index (κ3) is 8.01. The van der Waals surface area contributed by atoms with Crippen molar-refractivity contribution < 1.29 is 9.59 Å². The molecule has 0 spiro atoms. The van der Waals surface area contributed by atoms with E-state index in [2.05, 4.69) is 35.6 Å². The number of carbonyl (C=O) groups is 2. The molecule has 2 aliphatic heterocycles. The van der Waals surface area contributed by atoms with Crippen LogP contribution < -0.4 is 4.90 Å². The summed E-state index contributed by atoms with van der Waals surface area (Å²) < 4.78 is 0. The minimum Gasteiger partial charge on any atom is -0.353 e. The summed E-state index contributed by atoms with van der Waals surface area (Å²) in [6, 6.07) is 1.89. The third-order valence-corrected chi connectivity index (χ3v) is 7.91.